The van der Waals surface area contributed by atoms with Crippen molar-refractivity contribution in [2.45, 2.75) is 48.0 Å². The molecular formula is C10H22O. The van der Waals surface area contributed by atoms with Gasteiger partial charge in [0.25, 0.3) is 0 Å². The van der Waals surface area contributed by atoms with Gasteiger partial charge in [0.2, 0.25) is 0 Å². The van der Waals surface area contributed by atoms with Crippen molar-refractivity contribution in [1.82, 2.24) is 0 Å². The molecule has 0 atom stereocenters. The molecule has 1 nitrogen and oxygen atoms in total. The van der Waals surface area contributed by atoms with Gasteiger partial charge in [-0.1, -0.05) is 41.0 Å². The van der Waals surface area contributed by atoms with Crippen molar-refractivity contribution in [3.05, 3.63) is 0 Å². The zero-order valence-corrected chi connectivity index (χ0v) is 8.77. The van der Waals surface area contributed by atoms with Crippen LogP contribution in [0.5, 0.6) is 0 Å². The third kappa shape index (κ3) is 7.57. The van der Waals surface area contributed by atoms with Gasteiger partial charge < -0.3 is 4.79 Å². The van der Waals surface area contributed by atoms with E-state index in [1.54, 1.807) is 0 Å². The van der Waals surface area contributed by atoms with Gasteiger partial charge in [0.15, 0.2) is 0 Å². The predicted molar refractivity (Wildman–Crippen MR) is 50.6 cm³/mol. The molecule has 0 amide bonds. The Kier molecular flexibility index (Phi) is 7.70. The second-order valence-electron chi connectivity index (χ2n) is 3.73. The Balaban J connectivity index is 0. The van der Waals surface area contributed by atoms with Gasteiger partial charge in [-0.15, -0.1) is 0 Å². The van der Waals surface area contributed by atoms with Crippen LogP contribution in [-0.2, 0) is 4.79 Å². The minimum atomic E-state index is 0.542. The van der Waals surface area contributed by atoms with E-state index in [4.69, 9.17) is 4.79 Å². The minimum absolute atomic E-state index is 0.542. The highest BCUT2D eigenvalue weighted by atomic mass is 16.1. The summed E-state index contributed by atoms with van der Waals surface area (Å²) >= 11 is 0. The maximum Gasteiger partial charge on any atom is 0.116 e. The molecule has 0 spiro atoms. The van der Waals surface area contributed by atoms with Gasteiger partial charge in [0.05, 0.1) is 0 Å². The maximum absolute atomic E-state index is 8.81. The number of rotatable bonds is 2. The van der Waals surface area contributed by atoms with Gasteiger partial charge in [-0.05, 0) is 18.3 Å². The van der Waals surface area contributed by atoms with E-state index >= 15 is 0 Å². The molecule has 0 saturated carbocycles. The van der Waals surface area contributed by atoms with Crippen LogP contribution in [0.25, 0.3) is 0 Å². The van der Waals surface area contributed by atoms with Gasteiger partial charge in [-0.2, -0.15) is 0 Å². The molecule has 0 N–H and O–H groups in total. The monoisotopic (exact) mass is 158 g/mol. The topological polar surface area (TPSA) is 17.1 Å². The minimum Gasteiger partial charge on any atom is -0.304 e. The second-order valence-corrected chi connectivity index (χ2v) is 3.73. The Bertz CT molecular complexity index is 93.0. The highest BCUT2D eigenvalue weighted by molar-refractivity contribution is 5.44. The molecule has 0 aliphatic heterocycles. The summed E-state index contributed by atoms with van der Waals surface area (Å²) in [6, 6.07) is 0. The van der Waals surface area contributed by atoms with Gasteiger partial charge in [-0.3, -0.25) is 0 Å². The van der Waals surface area contributed by atoms with Crippen LogP contribution in [0, 0.1) is 11.3 Å². The molecule has 68 valence electrons. The first-order chi connectivity index (χ1) is 4.92. The molecule has 0 fully saturated rings. The van der Waals surface area contributed by atoms with E-state index < -0.39 is 0 Å². The standard InChI is InChI=1S/C8H18.C2H4O/c1-6-8(4,5)7(2)3;1-2-3/h7H,6H2,1-5H3;2H,1H3. The van der Waals surface area contributed by atoms with Gasteiger partial charge in [0.1, 0.15) is 6.29 Å². The molecule has 0 radical (unpaired) electrons. The first-order valence-electron chi connectivity index (χ1n) is 4.32. The predicted octanol–water partition coefficient (Wildman–Crippen LogP) is 3.28. The van der Waals surface area contributed by atoms with Crippen LogP contribution in [0.4, 0.5) is 0 Å². The van der Waals surface area contributed by atoms with Crippen LogP contribution in [-0.4, -0.2) is 6.29 Å². The fraction of sp³-hybridized carbons (Fsp3) is 0.900. The van der Waals surface area contributed by atoms with Crippen LogP contribution < -0.4 is 0 Å². The lowest BCUT2D eigenvalue weighted by Gasteiger charge is -2.27. The van der Waals surface area contributed by atoms with E-state index in [0.29, 0.717) is 5.41 Å². The summed E-state index contributed by atoms with van der Waals surface area (Å²) in [6.07, 6.45) is 2.03. The first kappa shape index (κ1) is 13.3. The van der Waals surface area contributed by atoms with Crippen molar-refractivity contribution in [3.8, 4) is 0 Å². The van der Waals surface area contributed by atoms with Crippen molar-refractivity contribution in [3.63, 3.8) is 0 Å². The Hall–Kier alpha value is -0.330. The van der Waals surface area contributed by atoms with Gasteiger partial charge >= 0.3 is 0 Å². The van der Waals surface area contributed by atoms with E-state index in [-0.39, 0.29) is 0 Å². The third-order valence-electron chi connectivity index (χ3n) is 2.47. The number of hydrogen-bond donors (Lipinski definition) is 0. The fourth-order valence-electron chi connectivity index (χ4n) is 0.408. The Morgan fingerprint density at radius 2 is 1.64 bits per heavy atom. The summed E-state index contributed by atoms with van der Waals surface area (Å²) in [5.74, 6) is 0.812. The van der Waals surface area contributed by atoms with Crippen LogP contribution in [0.15, 0.2) is 0 Å². The molecule has 0 rings (SSSR count). The van der Waals surface area contributed by atoms with E-state index in [2.05, 4.69) is 34.6 Å². The maximum atomic E-state index is 8.81. The Morgan fingerprint density at radius 3 is 1.64 bits per heavy atom. The highest BCUT2D eigenvalue weighted by Gasteiger charge is 2.18. The number of carbonyl (C=O) groups is 1. The van der Waals surface area contributed by atoms with Crippen LogP contribution in [0.3, 0.4) is 0 Å². The molecule has 0 aromatic rings. The van der Waals surface area contributed by atoms with Crippen molar-refractivity contribution >= 4 is 6.29 Å². The largest absolute Gasteiger partial charge is 0.304 e. The van der Waals surface area contributed by atoms with Crippen molar-refractivity contribution in [2.75, 3.05) is 0 Å². The zero-order chi connectivity index (χ0) is 9.49. The molecule has 0 aliphatic rings. The molecule has 0 saturated heterocycles. The molecule has 0 aromatic heterocycles. The van der Waals surface area contributed by atoms with Crippen LogP contribution in [0.2, 0.25) is 0 Å². The quantitative estimate of drug-likeness (QED) is 0.564. The SMILES string of the molecule is CC=O.CCC(C)(C)C(C)C. The molecule has 1 heteroatoms. The smallest absolute Gasteiger partial charge is 0.116 e. The summed E-state index contributed by atoms with van der Waals surface area (Å²) in [5.41, 5.74) is 0.542. The third-order valence-corrected chi connectivity index (χ3v) is 2.47. The van der Waals surface area contributed by atoms with Crippen LogP contribution in [0.1, 0.15) is 48.0 Å². The van der Waals surface area contributed by atoms with Crippen molar-refractivity contribution < 1.29 is 4.79 Å². The summed E-state index contributed by atoms with van der Waals surface area (Å²) in [7, 11) is 0. The number of carbonyl (C=O) groups excluding carboxylic acids is 1. The van der Waals surface area contributed by atoms with Crippen LogP contribution >= 0.6 is 0 Å². The molecule has 0 aromatic carbocycles. The molecule has 0 heterocycles. The lowest BCUT2D eigenvalue weighted by molar-refractivity contribution is -0.106. The lowest BCUT2D eigenvalue weighted by Crippen LogP contribution is -2.17. The first-order valence-corrected chi connectivity index (χ1v) is 4.32. The Morgan fingerprint density at radius 1 is 1.36 bits per heavy atom. The molecule has 0 aliphatic carbocycles. The summed E-state index contributed by atoms with van der Waals surface area (Å²) < 4.78 is 0. The van der Waals surface area contributed by atoms with Gasteiger partial charge in [-0.25, -0.2) is 0 Å². The average molecular weight is 158 g/mol. The summed E-state index contributed by atoms with van der Waals surface area (Å²) in [6.45, 7) is 12.9. The average Bonchev–Trinajstić information content (AvgIpc) is 1.89. The summed E-state index contributed by atoms with van der Waals surface area (Å²) in [5, 5.41) is 0. The van der Waals surface area contributed by atoms with Gasteiger partial charge in [0, 0.05) is 0 Å². The van der Waals surface area contributed by atoms with E-state index in [1.165, 1.54) is 13.3 Å². The van der Waals surface area contributed by atoms with E-state index in [0.717, 1.165) is 12.2 Å². The molecule has 0 bridgehead atoms. The summed E-state index contributed by atoms with van der Waals surface area (Å²) in [4.78, 5) is 8.81. The number of hydrogen-bond acceptors (Lipinski definition) is 1. The van der Waals surface area contributed by atoms with Crippen molar-refractivity contribution in [1.29, 1.82) is 0 Å². The fourth-order valence-corrected chi connectivity index (χ4v) is 0.408. The lowest BCUT2D eigenvalue weighted by atomic mass is 9.79. The number of aldehydes is 1. The molecular weight excluding hydrogens is 136 g/mol. The zero-order valence-electron chi connectivity index (χ0n) is 8.77. The van der Waals surface area contributed by atoms with E-state index in [1.807, 2.05) is 0 Å². The van der Waals surface area contributed by atoms with E-state index in [9.17, 15) is 0 Å². The highest BCUT2D eigenvalue weighted by Crippen LogP contribution is 2.28. The second kappa shape index (κ2) is 6.38. The molecule has 11 heavy (non-hydrogen) atoms. The normalized spacial score (nSPS) is 10.5. The van der Waals surface area contributed by atoms with Crippen molar-refractivity contribution in [2.24, 2.45) is 11.3 Å². The Labute approximate surface area is 71.2 Å². The molecule has 0 unspecified atom stereocenters.